The van der Waals surface area contributed by atoms with Crippen molar-refractivity contribution in [2.45, 2.75) is 37.6 Å². The number of nitrogens with one attached hydrogen (secondary N) is 2. The lowest BCUT2D eigenvalue weighted by Crippen LogP contribution is -2.49. The van der Waals surface area contributed by atoms with Crippen molar-refractivity contribution < 1.29 is 8.42 Å². The fourth-order valence-corrected chi connectivity index (χ4v) is 4.38. The maximum Gasteiger partial charge on any atom is 0.246 e. The molecule has 6 nitrogen and oxygen atoms in total. The molecule has 0 saturated carbocycles. The van der Waals surface area contributed by atoms with Crippen LogP contribution in [0.5, 0.6) is 0 Å². The highest BCUT2D eigenvalue weighted by Crippen LogP contribution is 2.26. The smallest absolute Gasteiger partial charge is 0.246 e. The third-order valence-electron chi connectivity index (χ3n) is 3.99. The summed E-state index contributed by atoms with van der Waals surface area (Å²) in [7, 11) is -1.47. The predicted molar refractivity (Wildman–Crippen MR) is 73.3 cm³/mol. The van der Waals surface area contributed by atoms with Crippen LogP contribution in [0.25, 0.3) is 0 Å². The van der Waals surface area contributed by atoms with Crippen molar-refractivity contribution in [3.63, 3.8) is 0 Å². The second kappa shape index (κ2) is 5.60. The number of aryl methyl sites for hydroxylation is 1. The molecule has 1 saturated heterocycles. The van der Waals surface area contributed by atoms with Gasteiger partial charge in [-0.1, -0.05) is 13.3 Å². The van der Waals surface area contributed by atoms with E-state index in [2.05, 4.69) is 22.4 Å². The number of H-pyrrole nitrogens is 1. The lowest BCUT2D eigenvalue weighted by atomic mass is 9.91. The van der Waals surface area contributed by atoms with E-state index in [4.69, 9.17) is 0 Å². The van der Waals surface area contributed by atoms with E-state index in [9.17, 15) is 8.42 Å². The second-order valence-electron chi connectivity index (χ2n) is 5.07. The Balaban J connectivity index is 2.21. The standard InChI is InChI=1S/C12H22N4O2S/c1-4-10-8-16(6-5-11(10)13-3)19(17,18)12-7-14-15-9(12)2/h7,10-11,13H,4-6,8H2,1-3H3,(H,14,15). The van der Waals surface area contributed by atoms with E-state index in [0.717, 1.165) is 12.8 Å². The third-order valence-corrected chi connectivity index (χ3v) is 5.97. The first kappa shape index (κ1) is 14.5. The van der Waals surface area contributed by atoms with Crippen LogP contribution >= 0.6 is 0 Å². The molecule has 1 fully saturated rings. The Morgan fingerprint density at radius 1 is 1.58 bits per heavy atom. The highest BCUT2D eigenvalue weighted by atomic mass is 32.2. The van der Waals surface area contributed by atoms with Gasteiger partial charge in [-0.25, -0.2) is 8.42 Å². The molecule has 2 unspecified atom stereocenters. The van der Waals surface area contributed by atoms with Gasteiger partial charge in [0.05, 0.1) is 11.9 Å². The van der Waals surface area contributed by atoms with Gasteiger partial charge in [0.2, 0.25) is 10.0 Å². The van der Waals surface area contributed by atoms with E-state index in [1.165, 1.54) is 6.20 Å². The fourth-order valence-electron chi connectivity index (χ4n) is 2.75. The molecule has 108 valence electrons. The summed E-state index contributed by atoms with van der Waals surface area (Å²) < 4.78 is 26.7. The molecule has 19 heavy (non-hydrogen) atoms. The van der Waals surface area contributed by atoms with Crippen molar-refractivity contribution in [1.82, 2.24) is 19.8 Å². The molecule has 0 spiro atoms. The van der Waals surface area contributed by atoms with E-state index < -0.39 is 10.0 Å². The van der Waals surface area contributed by atoms with E-state index in [1.54, 1.807) is 11.2 Å². The third kappa shape index (κ3) is 2.68. The summed E-state index contributed by atoms with van der Waals surface area (Å²) in [5.74, 6) is 0.362. The SMILES string of the molecule is CCC1CN(S(=O)(=O)c2cn[nH]c2C)CCC1NC. The number of sulfonamides is 1. The van der Waals surface area contributed by atoms with Crippen LogP contribution in [0.1, 0.15) is 25.5 Å². The van der Waals surface area contributed by atoms with E-state index >= 15 is 0 Å². The number of aromatic nitrogens is 2. The van der Waals surface area contributed by atoms with Gasteiger partial charge in [-0.05, 0) is 26.3 Å². The van der Waals surface area contributed by atoms with E-state index in [-0.39, 0.29) is 0 Å². The van der Waals surface area contributed by atoms with Crippen molar-refractivity contribution >= 4 is 10.0 Å². The van der Waals surface area contributed by atoms with Gasteiger partial charge >= 0.3 is 0 Å². The normalized spacial score (nSPS) is 25.6. The monoisotopic (exact) mass is 286 g/mol. The highest BCUT2D eigenvalue weighted by molar-refractivity contribution is 7.89. The van der Waals surface area contributed by atoms with Crippen molar-refractivity contribution in [2.24, 2.45) is 5.92 Å². The number of rotatable bonds is 4. The van der Waals surface area contributed by atoms with Gasteiger partial charge < -0.3 is 5.32 Å². The average Bonchev–Trinajstić information content (AvgIpc) is 2.84. The number of nitrogens with zero attached hydrogens (tertiary/aromatic N) is 2. The molecular weight excluding hydrogens is 264 g/mol. The lowest BCUT2D eigenvalue weighted by Gasteiger charge is -2.37. The Morgan fingerprint density at radius 2 is 2.32 bits per heavy atom. The first-order valence-corrected chi connectivity index (χ1v) is 8.12. The summed E-state index contributed by atoms with van der Waals surface area (Å²) in [6.45, 7) is 4.98. The number of hydrogen-bond donors (Lipinski definition) is 2. The first-order valence-electron chi connectivity index (χ1n) is 6.68. The van der Waals surface area contributed by atoms with Crippen LogP contribution in [-0.2, 0) is 10.0 Å². The van der Waals surface area contributed by atoms with Gasteiger partial charge in [-0.3, -0.25) is 5.10 Å². The van der Waals surface area contributed by atoms with Gasteiger partial charge in [-0.15, -0.1) is 0 Å². The average molecular weight is 286 g/mol. The molecule has 0 bridgehead atoms. The molecular formula is C12H22N4O2S. The zero-order chi connectivity index (χ0) is 14.0. The highest BCUT2D eigenvalue weighted by Gasteiger charge is 2.35. The molecule has 2 rings (SSSR count). The van der Waals surface area contributed by atoms with Gasteiger partial charge in [0.15, 0.2) is 0 Å². The van der Waals surface area contributed by atoms with Crippen LogP contribution in [0.3, 0.4) is 0 Å². The molecule has 7 heteroatoms. The summed E-state index contributed by atoms with van der Waals surface area (Å²) in [5, 5.41) is 9.78. The Labute approximate surface area is 114 Å². The van der Waals surface area contributed by atoms with Gasteiger partial charge in [0.1, 0.15) is 4.90 Å². The van der Waals surface area contributed by atoms with Gasteiger partial charge in [-0.2, -0.15) is 9.40 Å². The van der Waals surface area contributed by atoms with Crippen LogP contribution in [-0.4, -0.2) is 49.1 Å². The molecule has 0 amide bonds. The summed E-state index contributed by atoms with van der Waals surface area (Å²) >= 11 is 0. The lowest BCUT2D eigenvalue weighted by molar-refractivity contribution is 0.209. The van der Waals surface area contributed by atoms with E-state index in [1.807, 2.05) is 7.05 Å². The Morgan fingerprint density at radius 3 is 2.84 bits per heavy atom. The maximum absolute atomic E-state index is 12.6. The largest absolute Gasteiger partial charge is 0.317 e. The maximum atomic E-state index is 12.6. The minimum Gasteiger partial charge on any atom is -0.317 e. The Hall–Kier alpha value is -0.920. The number of hydrogen-bond acceptors (Lipinski definition) is 4. The van der Waals surface area contributed by atoms with Crippen molar-refractivity contribution in [2.75, 3.05) is 20.1 Å². The molecule has 1 aliphatic heterocycles. The Bertz CT molecular complexity index is 526. The summed E-state index contributed by atoms with van der Waals surface area (Å²) in [5.41, 5.74) is 0.601. The molecule has 2 atom stereocenters. The van der Waals surface area contributed by atoms with Crippen molar-refractivity contribution in [1.29, 1.82) is 0 Å². The van der Waals surface area contributed by atoms with Crippen molar-refractivity contribution in [3.05, 3.63) is 11.9 Å². The fraction of sp³-hybridized carbons (Fsp3) is 0.750. The minimum atomic E-state index is -3.41. The van der Waals surface area contributed by atoms with Crippen LogP contribution in [0.4, 0.5) is 0 Å². The molecule has 1 aromatic heterocycles. The van der Waals surface area contributed by atoms with E-state index in [0.29, 0.717) is 35.6 Å². The summed E-state index contributed by atoms with van der Waals surface area (Å²) in [6, 6.07) is 0.405. The summed E-state index contributed by atoms with van der Waals surface area (Å²) in [6.07, 6.45) is 3.23. The molecule has 2 heterocycles. The predicted octanol–water partition coefficient (Wildman–Crippen LogP) is 0.727. The second-order valence-corrected chi connectivity index (χ2v) is 6.98. The molecule has 0 aliphatic carbocycles. The van der Waals surface area contributed by atoms with Crippen LogP contribution in [0, 0.1) is 12.8 Å². The van der Waals surface area contributed by atoms with Crippen LogP contribution < -0.4 is 5.32 Å². The molecule has 1 aromatic rings. The summed E-state index contributed by atoms with van der Waals surface area (Å²) in [4.78, 5) is 0.297. The number of piperidine rings is 1. The van der Waals surface area contributed by atoms with Gasteiger partial charge in [0.25, 0.3) is 0 Å². The van der Waals surface area contributed by atoms with Crippen molar-refractivity contribution in [3.8, 4) is 0 Å². The Kier molecular flexibility index (Phi) is 4.27. The van der Waals surface area contributed by atoms with Gasteiger partial charge in [0, 0.05) is 19.1 Å². The first-order chi connectivity index (χ1) is 9.00. The zero-order valence-corrected chi connectivity index (χ0v) is 12.5. The molecule has 0 aromatic carbocycles. The topological polar surface area (TPSA) is 78.1 Å². The number of aromatic amines is 1. The molecule has 0 radical (unpaired) electrons. The zero-order valence-electron chi connectivity index (χ0n) is 11.7. The molecule has 2 N–H and O–H groups in total. The quantitative estimate of drug-likeness (QED) is 0.855. The molecule has 1 aliphatic rings. The minimum absolute atomic E-state index is 0.297. The van der Waals surface area contributed by atoms with Crippen LogP contribution in [0.15, 0.2) is 11.1 Å². The van der Waals surface area contributed by atoms with Crippen LogP contribution in [0.2, 0.25) is 0 Å².